The third-order valence-corrected chi connectivity index (χ3v) is 6.47. The molecule has 3 rings (SSSR count). The maximum absolute atomic E-state index is 13.1. The van der Waals surface area contributed by atoms with Gasteiger partial charge in [-0.05, 0) is 35.6 Å². The number of thiazole rings is 1. The second-order valence-electron chi connectivity index (χ2n) is 8.30. The van der Waals surface area contributed by atoms with E-state index in [0.29, 0.717) is 31.7 Å². The molecule has 32 heavy (non-hydrogen) atoms. The number of carbonyl (C=O) groups excluding carboxylic acids is 2. The fourth-order valence-electron chi connectivity index (χ4n) is 3.51. The lowest BCUT2D eigenvalue weighted by Crippen LogP contribution is -2.52. The topological polar surface area (TPSA) is 97.1 Å². The summed E-state index contributed by atoms with van der Waals surface area (Å²) in [5, 5.41) is 6.70. The van der Waals surface area contributed by atoms with Gasteiger partial charge in [0.15, 0.2) is 0 Å². The number of nitrogens with two attached hydrogens (primary N) is 1. The van der Waals surface area contributed by atoms with Crippen LogP contribution >= 0.6 is 11.3 Å². The van der Waals surface area contributed by atoms with E-state index in [2.05, 4.69) is 36.6 Å². The second-order valence-corrected chi connectivity index (χ2v) is 9.41. The van der Waals surface area contributed by atoms with Crippen LogP contribution in [-0.4, -0.2) is 35.4 Å². The molecule has 2 amide bonds. The maximum atomic E-state index is 13.1. The summed E-state index contributed by atoms with van der Waals surface area (Å²) < 4.78 is 1.09. The lowest BCUT2D eigenvalue weighted by Gasteiger charge is -2.22. The molecule has 0 aliphatic heterocycles. The molecule has 170 valence electrons. The van der Waals surface area contributed by atoms with Crippen LogP contribution in [0.1, 0.15) is 49.2 Å². The number of aromatic nitrogens is 1. The summed E-state index contributed by atoms with van der Waals surface area (Å²) >= 11 is 1.57. The average molecular weight is 453 g/mol. The van der Waals surface area contributed by atoms with Crippen molar-refractivity contribution >= 4 is 33.4 Å². The van der Waals surface area contributed by atoms with Crippen molar-refractivity contribution in [2.45, 2.75) is 58.0 Å². The Hall–Kier alpha value is -2.77. The molecule has 0 unspecified atom stereocenters. The van der Waals surface area contributed by atoms with Crippen LogP contribution in [0.3, 0.4) is 0 Å². The number of rotatable bonds is 10. The van der Waals surface area contributed by atoms with Gasteiger partial charge in [0.2, 0.25) is 11.8 Å². The number of fused-ring (bicyclic) bond motifs is 1. The molecule has 4 N–H and O–H groups in total. The molecule has 3 aromatic rings. The zero-order chi connectivity index (χ0) is 23.1. The summed E-state index contributed by atoms with van der Waals surface area (Å²) in [6.07, 6.45) is 1.29. The Kier molecular flexibility index (Phi) is 8.36. The smallest absolute Gasteiger partial charge is 0.243 e. The minimum Gasteiger partial charge on any atom is -0.350 e. The van der Waals surface area contributed by atoms with Crippen LogP contribution in [0.15, 0.2) is 48.5 Å². The van der Waals surface area contributed by atoms with Crippen molar-refractivity contribution < 1.29 is 9.59 Å². The molecule has 2 aromatic carbocycles. The van der Waals surface area contributed by atoms with E-state index < -0.39 is 6.04 Å². The van der Waals surface area contributed by atoms with Gasteiger partial charge in [-0.2, -0.15) is 0 Å². The molecule has 0 radical (unpaired) electrons. The molecule has 2 atom stereocenters. The van der Waals surface area contributed by atoms with Crippen molar-refractivity contribution in [3.63, 3.8) is 0 Å². The molecule has 0 saturated carbocycles. The van der Waals surface area contributed by atoms with Crippen molar-refractivity contribution in [1.82, 2.24) is 15.6 Å². The highest BCUT2D eigenvalue weighted by molar-refractivity contribution is 7.18. The van der Waals surface area contributed by atoms with Gasteiger partial charge in [-0.3, -0.25) is 9.59 Å². The minimum absolute atomic E-state index is 0.166. The monoisotopic (exact) mass is 452 g/mol. The fraction of sp³-hybridized carbons (Fsp3) is 0.400. The standard InChI is InChI=1S/C25H32N4O2S/c1-4-23(30)28-21(25(31)27-19(15-26)12-17-8-6-5-7-9-17)14-24-29-20-11-10-18(16(2)3)13-22(20)32-24/h5-11,13,16,19,21H,4,12,14-15,26H2,1-3H3,(H,27,31)(H,28,30)/t19-,21-/m0/s1. The van der Waals surface area contributed by atoms with Crippen LogP contribution < -0.4 is 16.4 Å². The highest BCUT2D eigenvalue weighted by Crippen LogP contribution is 2.27. The van der Waals surface area contributed by atoms with Crippen LogP contribution in [0.4, 0.5) is 0 Å². The van der Waals surface area contributed by atoms with Gasteiger partial charge < -0.3 is 16.4 Å². The molecule has 0 saturated heterocycles. The summed E-state index contributed by atoms with van der Waals surface area (Å²) in [6, 6.07) is 15.3. The van der Waals surface area contributed by atoms with Crippen LogP contribution in [0.2, 0.25) is 0 Å². The number of hydrogen-bond donors (Lipinski definition) is 3. The van der Waals surface area contributed by atoms with Gasteiger partial charge in [-0.1, -0.05) is 57.2 Å². The van der Waals surface area contributed by atoms with E-state index in [1.807, 2.05) is 36.4 Å². The number of hydrogen-bond acceptors (Lipinski definition) is 5. The highest BCUT2D eigenvalue weighted by Gasteiger charge is 2.24. The first-order valence-electron chi connectivity index (χ1n) is 11.1. The molecule has 7 heteroatoms. The van der Waals surface area contributed by atoms with E-state index >= 15 is 0 Å². The van der Waals surface area contributed by atoms with Crippen LogP contribution in [-0.2, 0) is 22.4 Å². The number of nitrogens with zero attached hydrogens (tertiary/aromatic N) is 1. The lowest BCUT2D eigenvalue weighted by atomic mass is 10.0. The SMILES string of the molecule is CCC(=O)N[C@@H](Cc1nc2ccc(C(C)C)cc2s1)C(=O)N[C@H](CN)Cc1ccccc1. The summed E-state index contributed by atoms with van der Waals surface area (Å²) in [5.41, 5.74) is 9.20. The summed E-state index contributed by atoms with van der Waals surface area (Å²) in [7, 11) is 0. The van der Waals surface area contributed by atoms with Gasteiger partial charge in [-0.25, -0.2) is 4.98 Å². The average Bonchev–Trinajstić information content (AvgIpc) is 3.20. The molecule has 6 nitrogen and oxygen atoms in total. The Morgan fingerprint density at radius 3 is 2.47 bits per heavy atom. The Bertz CT molecular complexity index is 1050. The second kappa shape index (κ2) is 11.2. The van der Waals surface area contributed by atoms with E-state index in [0.717, 1.165) is 20.8 Å². The summed E-state index contributed by atoms with van der Waals surface area (Å²) in [5.74, 6) is 0.0335. The van der Waals surface area contributed by atoms with E-state index in [9.17, 15) is 9.59 Å². The van der Waals surface area contributed by atoms with Gasteiger partial charge in [0.25, 0.3) is 0 Å². The van der Waals surface area contributed by atoms with Crippen molar-refractivity contribution in [2.75, 3.05) is 6.54 Å². The molecule has 0 bridgehead atoms. The van der Waals surface area contributed by atoms with Crippen molar-refractivity contribution in [1.29, 1.82) is 0 Å². The van der Waals surface area contributed by atoms with Gasteiger partial charge in [0.1, 0.15) is 6.04 Å². The minimum atomic E-state index is -0.697. The molecular weight excluding hydrogens is 420 g/mol. The zero-order valence-corrected chi connectivity index (χ0v) is 19.7. The molecule has 0 aliphatic rings. The van der Waals surface area contributed by atoms with Gasteiger partial charge >= 0.3 is 0 Å². The predicted molar refractivity (Wildman–Crippen MR) is 131 cm³/mol. The molecule has 0 aliphatic carbocycles. The summed E-state index contributed by atoms with van der Waals surface area (Å²) in [6.45, 7) is 6.40. The van der Waals surface area contributed by atoms with Gasteiger partial charge in [0, 0.05) is 25.4 Å². The zero-order valence-electron chi connectivity index (χ0n) is 18.9. The van der Waals surface area contributed by atoms with Gasteiger partial charge in [-0.15, -0.1) is 11.3 Å². The van der Waals surface area contributed by atoms with Crippen LogP contribution in [0.5, 0.6) is 0 Å². The third kappa shape index (κ3) is 6.37. The van der Waals surface area contributed by atoms with E-state index in [-0.39, 0.29) is 17.9 Å². The molecule has 0 fully saturated rings. The highest BCUT2D eigenvalue weighted by atomic mass is 32.1. The third-order valence-electron chi connectivity index (χ3n) is 5.43. The number of benzene rings is 2. The van der Waals surface area contributed by atoms with Crippen molar-refractivity contribution in [3.05, 3.63) is 64.7 Å². The number of nitrogens with one attached hydrogen (secondary N) is 2. The quantitative estimate of drug-likeness (QED) is 0.438. The maximum Gasteiger partial charge on any atom is 0.243 e. The Balaban J connectivity index is 1.75. The summed E-state index contributed by atoms with van der Waals surface area (Å²) in [4.78, 5) is 29.9. The molecule has 1 aromatic heterocycles. The molecular formula is C25H32N4O2S. The Morgan fingerprint density at radius 1 is 1.06 bits per heavy atom. The fourth-order valence-corrected chi connectivity index (χ4v) is 4.57. The van der Waals surface area contributed by atoms with Crippen LogP contribution in [0, 0.1) is 0 Å². The first kappa shape index (κ1) is 23.9. The molecule has 1 heterocycles. The largest absolute Gasteiger partial charge is 0.350 e. The number of carbonyl (C=O) groups is 2. The molecule has 0 spiro atoms. The van der Waals surface area contributed by atoms with Crippen molar-refractivity contribution in [3.8, 4) is 0 Å². The van der Waals surface area contributed by atoms with Crippen molar-refractivity contribution in [2.24, 2.45) is 5.73 Å². The van der Waals surface area contributed by atoms with E-state index in [1.54, 1.807) is 18.3 Å². The Labute approximate surface area is 193 Å². The van der Waals surface area contributed by atoms with Crippen LogP contribution in [0.25, 0.3) is 10.2 Å². The first-order chi connectivity index (χ1) is 15.4. The van der Waals surface area contributed by atoms with E-state index in [4.69, 9.17) is 10.7 Å². The Morgan fingerprint density at radius 2 is 1.81 bits per heavy atom. The lowest BCUT2D eigenvalue weighted by molar-refractivity contribution is -0.129. The van der Waals surface area contributed by atoms with Gasteiger partial charge in [0.05, 0.1) is 15.2 Å². The predicted octanol–water partition coefficient (Wildman–Crippen LogP) is 3.54. The normalized spacial score (nSPS) is 13.2. The van der Waals surface area contributed by atoms with E-state index in [1.165, 1.54) is 5.56 Å². The number of amides is 2. The first-order valence-corrected chi connectivity index (χ1v) is 11.9.